The molecule has 0 amide bonds. The van der Waals surface area contributed by atoms with Gasteiger partial charge in [-0.05, 0) is 25.5 Å². The van der Waals surface area contributed by atoms with Gasteiger partial charge in [-0.3, -0.25) is 0 Å². The zero-order chi connectivity index (χ0) is 14.9. The van der Waals surface area contributed by atoms with Crippen molar-refractivity contribution in [3.63, 3.8) is 0 Å². The maximum absolute atomic E-state index is 5.83. The summed E-state index contributed by atoms with van der Waals surface area (Å²) < 4.78 is 17.0. The number of benzene rings is 1. The van der Waals surface area contributed by atoms with Crippen LogP contribution in [-0.2, 0) is 4.74 Å². The minimum Gasteiger partial charge on any atom is -0.493 e. The van der Waals surface area contributed by atoms with Crippen molar-refractivity contribution in [2.45, 2.75) is 32.8 Å². The van der Waals surface area contributed by atoms with Gasteiger partial charge in [-0.15, -0.1) is 0 Å². The smallest absolute Gasteiger partial charge is 0.123 e. The Kier molecular flexibility index (Phi) is 6.83. The zero-order valence-corrected chi connectivity index (χ0v) is 13.3. The molecule has 4 heteroatoms. The highest BCUT2D eigenvalue weighted by Crippen LogP contribution is 2.21. The van der Waals surface area contributed by atoms with Gasteiger partial charge in [-0.1, -0.05) is 13.0 Å². The molecule has 1 aromatic rings. The standard InChI is InChI=1S/C17H27NO3/c1-3-15(2)21-17-7-4-6-16(14-17)20-11-5-8-18-9-12-19-13-10-18/h4,6-7,14-15H,3,5,8-13H2,1-2H3/p+1/t15-/m0/s1. The van der Waals surface area contributed by atoms with Crippen LogP contribution in [0.4, 0.5) is 0 Å². The normalized spacial score (nSPS) is 17.4. The highest BCUT2D eigenvalue weighted by molar-refractivity contribution is 5.33. The maximum atomic E-state index is 5.83. The lowest BCUT2D eigenvalue weighted by molar-refractivity contribution is -0.908. The van der Waals surface area contributed by atoms with Crippen molar-refractivity contribution in [3.8, 4) is 11.5 Å². The third kappa shape index (κ3) is 5.94. The first-order valence-corrected chi connectivity index (χ1v) is 8.08. The summed E-state index contributed by atoms with van der Waals surface area (Å²) in [5.74, 6) is 1.79. The van der Waals surface area contributed by atoms with Gasteiger partial charge >= 0.3 is 0 Å². The summed E-state index contributed by atoms with van der Waals surface area (Å²) in [6.45, 7) is 10.2. The molecule has 1 saturated heterocycles. The van der Waals surface area contributed by atoms with Gasteiger partial charge in [0.25, 0.3) is 0 Å². The SMILES string of the molecule is CC[C@H](C)Oc1cccc(OCCC[NH+]2CCOCC2)c1. The fraction of sp³-hybridized carbons (Fsp3) is 0.647. The van der Waals surface area contributed by atoms with Crippen LogP contribution < -0.4 is 14.4 Å². The Bertz CT molecular complexity index is 405. The van der Waals surface area contributed by atoms with Crippen molar-refractivity contribution < 1.29 is 19.1 Å². The number of nitrogens with one attached hydrogen (secondary N) is 1. The summed E-state index contributed by atoms with van der Waals surface area (Å²) in [5, 5.41) is 0. The van der Waals surface area contributed by atoms with E-state index < -0.39 is 0 Å². The average molecular weight is 294 g/mol. The maximum Gasteiger partial charge on any atom is 0.123 e. The number of rotatable bonds is 8. The van der Waals surface area contributed by atoms with Gasteiger partial charge in [0.15, 0.2) is 0 Å². The Hall–Kier alpha value is -1.26. The average Bonchev–Trinajstić information content (AvgIpc) is 2.53. The molecule has 2 rings (SSSR count). The minimum atomic E-state index is 0.241. The molecule has 21 heavy (non-hydrogen) atoms. The second-order valence-electron chi connectivity index (χ2n) is 5.63. The molecule has 0 saturated carbocycles. The lowest BCUT2D eigenvalue weighted by Gasteiger charge is -2.23. The van der Waals surface area contributed by atoms with Gasteiger partial charge in [0.05, 0.1) is 32.5 Å². The van der Waals surface area contributed by atoms with E-state index in [1.54, 1.807) is 4.90 Å². The lowest BCUT2D eigenvalue weighted by Crippen LogP contribution is -3.14. The van der Waals surface area contributed by atoms with Gasteiger partial charge in [0.2, 0.25) is 0 Å². The number of ether oxygens (including phenoxy) is 3. The van der Waals surface area contributed by atoms with Crippen molar-refractivity contribution in [1.82, 2.24) is 0 Å². The van der Waals surface area contributed by atoms with Crippen LogP contribution in [0.5, 0.6) is 11.5 Å². The molecule has 1 N–H and O–H groups in total. The van der Waals surface area contributed by atoms with E-state index in [0.717, 1.165) is 63.8 Å². The molecule has 118 valence electrons. The molecule has 1 aliphatic heterocycles. The van der Waals surface area contributed by atoms with Gasteiger partial charge in [0, 0.05) is 12.5 Å². The van der Waals surface area contributed by atoms with Crippen LogP contribution in [0.15, 0.2) is 24.3 Å². The molecule has 1 aliphatic rings. The molecular formula is C17H28NO3+. The van der Waals surface area contributed by atoms with Gasteiger partial charge < -0.3 is 19.1 Å². The summed E-state index contributed by atoms with van der Waals surface area (Å²) in [5.41, 5.74) is 0. The summed E-state index contributed by atoms with van der Waals surface area (Å²) in [6.07, 6.45) is 2.32. The quantitative estimate of drug-likeness (QED) is 0.738. The van der Waals surface area contributed by atoms with E-state index in [0.29, 0.717) is 0 Å². The van der Waals surface area contributed by atoms with Crippen molar-refractivity contribution >= 4 is 0 Å². The molecule has 1 aromatic carbocycles. The summed E-state index contributed by atoms with van der Waals surface area (Å²) in [4.78, 5) is 1.62. The van der Waals surface area contributed by atoms with E-state index >= 15 is 0 Å². The van der Waals surface area contributed by atoms with E-state index in [1.165, 1.54) is 0 Å². The Morgan fingerprint density at radius 3 is 2.76 bits per heavy atom. The van der Waals surface area contributed by atoms with Crippen LogP contribution in [-0.4, -0.2) is 45.6 Å². The van der Waals surface area contributed by atoms with Crippen LogP contribution >= 0.6 is 0 Å². The van der Waals surface area contributed by atoms with Crippen LogP contribution in [0.3, 0.4) is 0 Å². The van der Waals surface area contributed by atoms with Crippen molar-refractivity contribution in [1.29, 1.82) is 0 Å². The van der Waals surface area contributed by atoms with Crippen molar-refractivity contribution in [3.05, 3.63) is 24.3 Å². The van der Waals surface area contributed by atoms with Crippen LogP contribution in [0.25, 0.3) is 0 Å². The van der Waals surface area contributed by atoms with Crippen LogP contribution in [0.2, 0.25) is 0 Å². The lowest BCUT2D eigenvalue weighted by atomic mass is 10.3. The van der Waals surface area contributed by atoms with Gasteiger partial charge in [-0.2, -0.15) is 0 Å². The fourth-order valence-corrected chi connectivity index (χ4v) is 2.38. The zero-order valence-electron chi connectivity index (χ0n) is 13.3. The first-order valence-electron chi connectivity index (χ1n) is 8.08. The highest BCUT2D eigenvalue weighted by Gasteiger charge is 2.12. The number of hydrogen-bond donors (Lipinski definition) is 1. The van der Waals surface area contributed by atoms with E-state index in [2.05, 4.69) is 13.8 Å². The molecule has 0 spiro atoms. The summed E-state index contributed by atoms with van der Waals surface area (Å²) in [7, 11) is 0. The Morgan fingerprint density at radius 2 is 2.00 bits per heavy atom. The van der Waals surface area contributed by atoms with Crippen molar-refractivity contribution in [2.75, 3.05) is 39.5 Å². The number of hydrogen-bond acceptors (Lipinski definition) is 3. The highest BCUT2D eigenvalue weighted by atomic mass is 16.5. The van der Waals surface area contributed by atoms with Crippen molar-refractivity contribution in [2.24, 2.45) is 0 Å². The van der Waals surface area contributed by atoms with Gasteiger partial charge in [0.1, 0.15) is 24.6 Å². The predicted molar refractivity (Wildman–Crippen MR) is 83.3 cm³/mol. The molecule has 4 nitrogen and oxygen atoms in total. The van der Waals surface area contributed by atoms with Gasteiger partial charge in [-0.25, -0.2) is 0 Å². The fourth-order valence-electron chi connectivity index (χ4n) is 2.38. The molecule has 0 bridgehead atoms. The monoisotopic (exact) mass is 294 g/mol. The molecule has 1 fully saturated rings. The largest absolute Gasteiger partial charge is 0.493 e. The third-order valence-electron chi connectivity index (χ3n) is 3.86. The summed E-state index contributed by atoms with van der Waals surface area (Å²) >= 11 is 0. The van der Waals surface area contributed by atoms with E-state index in [9.17, 15) is 0 Å². The van der Waals surface area contributed by atoms with E-state index in [-0.39, 0.29) is 6.10 Å². The predicted octanol–water partition coefficient (Wildman–Crippen LogP) is 1.55. The topological polar surface area (TPSA) is 32.1 Å². The third-order valence-corrected chi connectivity index (χ3v) is 3.86. The number of morpholine rings is 1. The Balaban J connectivity index is 1.68. The first kappa shape index (κ1) is 16.1. The molecule has 1 atom stereocenters. The Labute approximate surface area is 128 Å². The molecular weight excluding hydrogens is 266 g/mol. The summed E-state index contributed by atoms with van der Waals surface area (Å²) in [6, 6.07) is 7.94. The minimum absolute atomic E-state index is 0.241. The Morgan fingerprint density at radius 1 is 1.24 bits per heavy atom. The van der Waals surface area contributed by atoms with E-state index in [4.69, 9.17) is 14.2 Å². The first-order chi connectivity index (χ1) is 10.3. The number of quaternary nitrogens is 1. The van der Waals surface area contributed by atoms with E-state index in [1.807, 2.05) is 24.3 Å². The van der Waals surface area contributed by atoms with Crippen LogP contribution in [0.1, 0.15) is 26.7 Å². The molecule has 1 heterocycles. The molecule has 0 aliphatic carbocycles. The second-order valence-corrected chi connectivity index (χ2v) is 5.63. The molecule has 0 radical (unpaired) electrons. The van der Waals surface area contributed by atoms with Crippen LogP contribution in [0, 0.1) is 0 Å². The second kappa shape index (κ2) is 8.90. The molecule has 0 unspecified atom stereocenters. The molecule has 0 aromatic heterocycles.